The van der Waals surface area contributed by atoms with E-state index < -0.39 is 0 Å². The number of aromatic nitrogens is 1. The lowest BCUT2D eigenvalue weighted by Crippen LogP contribution is -2.61. The van der Waals surface area contributed by atoms with Crippen LogP contribution in [0.3, 0.4) is 0 Å². The first-order valence-electron chi connectivity index (χ1n) is 10.7. The van der Waals surface area contributed by atoms with Crippen molar-refractivity contribution in [1.29, 1.82) is 0 Å². The molecule has 3 atom stereocenters. The van der Waals surface area contributed by atoms with Crippen LogP contribution in [0.4, 0.5) is 5.82 Å². The number of benzene rings is 1. The number of likely N-dealkylation sites (tertiary alicyclic amines) is 1. The minimum atomic E-state index is -0.387. The van der Waals surface area contributed by atoms with Crippen molar-refractivity contribution in [3.63, 3.8) is 0 Å². The van der Waals surface area contributed by atoms with Gasteiger partial charge in [0.15, 0.2) is 0 Å². The monoisotopic (exact) mass is 485 g/mol. The van der Waals surface area contributed by atoms with Crippen molar-refractivity contribution in [2.45, 2.75) is 44.8 Å². The van der Waals surface area contributed by atoms with Gasteiger partial charge in [-0.1, -0.05) is 34.1 Å². The molecule has 1 unspecified atom stereocenters. The third kappa shape index (κ3) is 5.07. The third-order valence-electron chi connectivity index (χ3n) is 6.23. The summed E-state index contributed by atoms with van der Waals surface area (Å²) >= 11 is 3.46. The number of aryl methyl sites for hydroxylation is 1. The summed E-state index contributed by atoms with van der Waals surface area (Å²) in [6, 6.07) is 11.3. The summed E-state index contributed by atoms with van der Waals surface area (Å²) in [5.41, 5.74) is 8.68. The number of anilines is 1. The Morgan fingerprint density at radius 3 is 2.71 bits per heavy atom. The zero-order valence-electron chi connectivity index (χ0n) is 17.6. The van der Waals surface area contributed by atoms with E-state index in [1.165, 1.54) is 5.56 Å². The first-order valence-corrected chi connectivity index (χ1v) is 11.5. The molecule has 2 aliphatic rings. The minimum absolute atomic E-state index is 0.0371. The molecule has 8 heteroatoms. The number of carbonyl (C=O) groups excluding carboxylic acids is 2. The van der Waals surface area contributed by atoms with Crippen LogP contribution in [0.15, 0.2) is 40.9 Å². The molecule has 2 aliphatic heterocycles. The van der Waals surface area contributed by atoms with Gasteiger partial charge in [0.25, 0.3) is 0 Å². The van der Waals surface area contributed by atoms with Crippen molar-refractivity contribution in [3.05, 3.63) is 57.7 Å². The van der Waals surface area contributed by atoms with Crippen LogP contribution < -0.4 is 16.4 Å². The molecule has 0 aliphatic carbocycles. The standard InChI is InChI=1S/C23H28BrN5O2/c1-14-17(4-7-21(25)28-14)13-27-22(30)20-8-9-29(20)23(31)19-11-16(12-26-19)10-15-2-5-18(24)6-3-15/h2-7,16,19-20,26H,8-13H2,1H3,(H2,25,28)(H,27,30)/t16-,19+,20?/m0/s1. The topological polar surface area (TPSA) is 100 Å². The molecule has 7 nitrogen and oxygen atoms in total. The Morgan fingerprint density at radius 2 is 2.03 bits per heavy atom. The van der Waals surface area contributed by atoms with Crippen molar-refractivity contribution in [1.82, 2.24) is 20.5 Å². The number of nitrogens with zero attached hydrogens (tertiary/aromatic N) is 2. The fraction of sp³-hybridized carbons (Fsp3) is 0.435. The van der Waals surface area contributed by atoms with Crippen LogP contribution in [0.1, 0.15) is 29.7 Å². The van der Waals surface area contributed by atoms with E-state index in [0.29, 0.717) is 31.2 Å². The number of amides is 2. The van der Waals surface area contributed by atoms with Crippen LogP contribution in [-0.4, -0.2) is 46.9 Å². The Kier molecular flexibility index (Phi) is 6.57. The molecule has 1 aromatic heterocycles. The Hall–Kier alpha value is -2.45. The van der Waals surface area contributed by atoms with Crippen molar-refractivity contribution >= 4 is 33.6 Å². The fourth-order valence-electron chi connectivity index (χ4n) is 4.33. The number of nitrogens with two attached hydrogens (primary N) is 1. The Morgan fingerprint density at radius 1 is 1.26 bits per heavy atom. The van der Waals surface area contributed by atoms with Gasteiger partial charge in [0, 0.05) is 23.3 Å². The number of nitrogen functional groups attached to an aromatic ring is 1. The summed E-state index contributed by atoms with van der Waals surface area (Å²) in [6.45, 7) is 3.70. The summed E-state index contributed by atoms with van der Waals surface area (Å²) in [6.07, 6.45) is 2.45. The first-order chi connectivity index (χ1) is 14.9. The summed E-state index contributed by atoms with van der Waals surface area (Å²) < 4.78 is 1.07. The molecule has 4 N–H and O–H groups in total. The number of nitrogens with one attached hydrogen (secondary N) is 2. The predicted molar refractivity (Wildman–Crippen MR) is 123 cm³/mol. The van der Waals surface area contributed by atoms with Crippen LogP contribution in [-0.2, 0) is 22.6 Å². The second-order valence-corrected chi connectivity index (χ2v) is 9.34. The molecule has 2 saturated heterocycles. The van der Waals surface area contributed by atoms with Gasteiger partial charge in [-0.05, 0) is 68.0 Å². The third-order valence-corrected chi connectivity index (χ3v) is 6.76. The first kappa shape index (κ1) is 21.8. The van der Waals surface area contributed by atoms with E-state index in [-0.39, 0.29) is 23.9 Å². The summed E-state index contributed by atoms with van der Waals surface area (Å²) in [7, 11) is 0. The molecule has 0 spiro atoms. The van der Waals surface area contributed by atoms with E-state index in [1.807, 2.05) is 25.1 Å². The maximum absolute atomic E-state index is 13.0. The maximum Gasteiger partial charge on any atom is 0.243 e. The van der Waals surface area contributed by atoms with Gasteiger partial charge in [0.1, 0.15) is 11.9 Å². The maximum atomic E-state index is 13.0. The SMILES string of the molecule is Cc1nc(N)ccc1CNC(=O)C1CCN1C(=O)[C@H]1C[C@H](Cc2ccc(Br)cc2)CN1. The van der Waals surface area contributed by atoms with Crippen LogP contribution in [0.25, 0.3) is 0 Å². The molecule has 0 radical (unpaired) electrons. The highest BCUT2D eigenvalue weighted by atomic mass is 79.9. The average molecular weight is 486 g/mol. The average Bonchev–Trinajstić information content (AvgIpc) is 3.17. The van der Waals surface area contributed by atoms with E-state index in [0.717, 1.165) is 35.1 Å². The van der Waals surface area contributed by atoms with Crippen LogP contribution in [0.5, 0.6) is 0 Å². The molecular weight excluding hydrogens is 458 g/mol. The van der Waals surface area contributed by atoms with Gasteiger partial charge in [-0.15, -0.1) is 0 Å². The molecular formula is C23H28BrN5O2. The summed E-state index contributed by atoms with van der Waals surface area (Å²) in [5, 5.41) is 6.31. The second-order valence-electron chi connectivity index (χ2n) is 8.43. The highest BCUT2D eigenvalue weighted by Gasteiger charge is 2.42. The van der Waals surface area contributed by atoms with Gasteiger partial charge in [-0.25, -0.2) is 4.98 Å². The number of rotatable bonds is 6. The zero-order valence-corrected chi connectivity index (χ0v) is 19.2. The van der Waals surface area contributed by atoms with E-state index in [4.69, 9.17) is 5.73 Å². The molecule has 2 fully saturated rings. The molecule has 0 bridgehead atoms. The van der Waals surface area contributed by atoms with E-state index in [2.05, 4.69) is 43.7 Å². The largest absolute Gasteiger partial charge is 0.384 e. The lowest BCUT2D eigenvalue weighted by Gasteiger charge is -2.41. The van der Waals surface area contributed by atoms with E-state index >= 15 is 0 Å². The van der Waals surface area contributed by atoms with Crippen molar-refractivity contribution in [2.75, 3.05) is 18.8 Å². The zero-order chi connectivity index (χ0) is 22.0. The molecule has 164 valence electrons. The Balaban J connectivity index is 1.28. The quantitative estimate of drug-likeness (QED) is 0.581. The van der Waals surface area contributed by atoms with Gasteiger partial charge in [-0.3, -0.25) is 9.59 Å². The van der Waals surface area contributed by atoms with E-state index in [9.17, 15) is 9.59 Å². The Bertz CT molecular complexity index is 965. The van der Waals surface area contributed by atoms with Crippen LogP contribution >= 0.6 is 15.9 Å². The molecule has 2 aromatic rings. The summed E-state index contributed by atoms with van der Waals surface area (Å²) in [5.74, 6) is 0.811. The number of halogens is 1. The lowest BCUT2D eigenvalue weighted by atomic mass is 9.95. The fourth-order valence-corrected chi connectivity index (χ4v) is 4.59. The molecule has 0 saturated carbocycles. The highest BCUT2D eigenvalue weighted by Crippen LogP contribution is 2.25. The lowest BCUT2D eigenvalue weighted by molar-refractivity contribution is -0.148. The van der Waals surface area contributed by atoms with Crippen molar-refractivity contribution in [3.8, 4) is 0 Å². The minimum Gasteiger partial charge on any atom is -0.384 e. The van der Waals surface area contributed by atoms with Gasteiger partial charge in [-0.2, -0.15) is 0 Å². The molecule has 2 amide bonds. The van der Waals surface area contributed by atoms with Crippen LogP contribution in [0.2, 0.25) is 0 Å². The second kappa shape index (κ2) is 9.36. The number of hydrogen-bond acceptors (Lipinski definition) is 5. The molecule has 31 heavy (non-hydrogen) atoms. The van der Waals surface area contributed by atoms with Gasteiger partial charge < -0.3 is 21.3 Å². The van der Waals surface area contributed by atoms with Crippen molar-refractivity contribution in [2.24, 2.45) is 5.92 Å². The van der Waals surface area contributed by atoms with Gasteiger partial charge >= 0.3 is 0 Å². The smallest absolute Gasteiger partial charge is 0.243 e. The van der Waals surface area contributed by atoms with Crippen LogP contribution in [0, 0.1) is 12.8 Å². The molecule has 1 aromatic carbocycles. The molecule has 4 rings (SSSR count). The van der Waals surface area contributed by atoms with Gasteiger partial charge in [0.2, 0.25) is 11.8 Å². The summed E-state index contributed by atoms with van der Waals surface area (Å²) in [4.78, 5) is 31.6. The van der Waals surface area contributed by atoms with Crippen molar-refractivity contribution < 1.29 is 9.59 Å². The predicted octanol–water partition coefficient (Wildman–Crippen LogP) is 2.17. The highest BCUT2D eigenvalue weighted by molar-refractivity contribution is 9.10. The number of carbonyl (C=O) groups is 2. The normalized spacial score (nSPS) is 22.8. The molecule has 3 heterocycles. The van der Waals surface area contributed by atoms with Gasteiger partial charge in [0.05, 0.1) is 6.04 Å². The van der Waals surface area contributed by atoms with E-state index in [1.54, 1.807) is 11.0 Å². The number of pyridine rings is 1. The Labute approximate surface area is 190 Å². The number of hydrogen-bond donors (Lipinski definition) is 3.